The molecule has 0 aromatic heterocycles. The van der Waals surface area contributed by atoms with E-state index < -0.39 is 6.36 Å². The van der Waals surface area contributed by atoms with Crippen molar-refractivity contribution in [2.24, 2.45) is 0 Å². The van der Waals surface area contributed by atoms with Gasteiger partial charge in [0.1, 0.15) is 0 Å². The fraction of sp³-hybridized carbons (Fsp3) is 0.500. The van der Waals surface area contributed by atoms with Gasteiger partial charge in [-0.15, -0.1) is 13.2 Å². The number of nitrogens with one attached hydrogen (secondary N) is 1. The molecular weight excluding hydrogens is 231 g/mol. The lowest BCUT2D eigenvalue weighted by atomic mass is 10.2. The number of halogens is 3. The van der Waals surface area contributed by atoms with Gasteiger partial charge >= 0.3 is 6.36 Å². The summed E-state index contributed by atoms with van der Waals surface area (Å²) in [6.07, 6.45) is -1.60. The van der Waals surface area contributed by atoms with Gasteiger partial charge in [0.2, 0.25) is 0 Å². The molecule has 0 aliphatic rings. The number of alkyl halides is 3. The summed E-state index contributed by atoms with van der Waals surface area (Å²) in [6, 6.07) is 6.06. The minimum atomic E-state index is -4.65. The van der Waals surface area contributed by atoms with Crippen LogP contribution >= 0.6 is 0 Å². The molecule has 0 bridgehead atoms. The highest BCUT2D eigenvalue weighted by molar-refractivity contribution is 5.56. The molecule has 0 aliphatic heterocycles. The predicted octanol–water partition coefficient (Wildman–Crippen LogP) is 4.19. The number of benzene rings is 1. The van der Waals surface area contributed by atoms with Crippen molar-refractivity contribution in [1.29, 1.82) is 0 Å². The second-order valence-electron chi connectivity index (χ2n) is 3.68. The molecule has 1 aromatic rings. The second-order valence-corrected chi connectivity index (χ2v) is 3.68. The molecule has 0 saturated carbocycles. The normalized spacial score (nSPS) is 11.3. The van der Waals surface area contributed by atoms with Gasteiger partial charge in [-0.3, -0.25) is 0 Å². The maximum absolute atomic E-state index is 12.1. The van der Waals surface area contributed by atoms with Gasteiger partial charge in [-0.2, -0.15) is 0 Å². The Balaban J connectivity index is 2.58. The third-order valence-electron chi connectivity index (χ3n) is 2.21. The molecule has 96 valence electrons. The average Bonchev–Trinajstić information content (AvgIpc) is 2.24. The van der Waals surface area contributed by atoms with Crippen LogP contribution < -0.4 is 10.1 Å². The van der Waals surface area contributed by atoms with E-state index in [2.05, 4.69) is 17.0 Å². The Labute approximate surface area is 98.8 Å². The lowest BCUT2D eigenvalue weighted by Gasteiger charge is -2.14. The Morgan fingerprint density at radius 1 is 1.18 bits per heavy atom. The van der Waals surface area contributed by atoms with Crippen LogP contribution in [-0.4, -0.2) is 12.9 Å². The van der Waals surface area contributed by atoms with Crippen molar-refractivity contribution in [2.75, 3.05) is 11.9 Å². The number of para-hydroxylation sites is 2. The van der Waals surface area contributed by atoms with E-state index in [-0.39, 0.29) is 5.75 Å². The molecule has 17 heavy (non-hydrogen) atoms. The van der Waals surface area contributed by atoms with Gasteiger partial charge in [-0.05, 0) is 18.6 Å². The molecule has 2 nitrogen and oxygen atoms in total. The SMILES string of the molecule is CCCCCNc1ccccc1OC(F)(F)F. The summed E-state index contributed by atoms with van der Waals surface area (Å²) in [6.45, 7) is 2.72. The summed E-state index contributed by atoms with van der Waals surface area (Å²) in [5, 5.41) is 2.95. The standard InChI is InChI=1S/C12H16F3NO/c1-2-3-6-9-16-10-7-4-5-8-11(10)17-12(13,14)15/h4-5,7-8,16H,2-3,6,9H2,1H3. The monoisotopic (exact) mass is 247 g/mol. The first-order valence-electron chi connectivity index (χ1n) is 5.61. The molecule has 0 amide bonds. The van der Waals surface area contributed by atoms with Crippen molar-refractivity contribution in [3.63, 3.8) is 0 Å². The van der Waals surface area contributed by atoms with Gasteiger partial charge in [-0.1, -0.05) is 31.9 Å². The first-order chi connectivity index (χ1) is 8.03. The number of hydrogen-bond donors (Lipinski definition) is 1. The summed E-state index contributed by atoms with van der Waals surface area (Å²) in [7, 11) is 0. The lowest BCUT2D eigenvalue weighted by molar-refractivity contribution is -0.274. The largest absolute Gasteiger partial charge is 0.573 e. The smallest absolute Gasteiger partial charge is 0.404 e. The van der Waals surface area contributed by atoms with Crippen molar-refractivity contribution in [2.45, 2.75) is 32.5 Å². The highest BCUT2D eigenvalue weighted by atomic mass is 19.4. The predicted molar refractivity (Wildman–Crippen MR) is 61.1 cm³/mol. The molecular formula is C12H16F3NO. The Hall–Kier alpha value is -1.39. The summed E-state index contributed by atoms with van der Waals surface area (Å²) >= 11 is 0. The van der Waals surface area contributed by atoms with E-state index in [1.165, 1.54) is 12.1 Å². The molecule has 0 unspecified atom stereocenters. The van der Waals surface area contributed by atoms with Crippen molar-refractivity contribution in [3.05, 3.63) is 24.3 Å². The molecule has 0 radical (unpaired) electrons. The van der Waals surface area contributed by atoms with Crippen LogP contribution in [0.2, 0.25) is 0 Å². The molecule has 0 aliphatic carbocycles. The summed E-state index contributed by atoms with van der Waals surface area (Å²) in [5.41, 5.74) is 0.376. The Bertz CT molecular complexity index is 339. The van der Waals surface area contributed by atoms with Gasteiger partial charge in [0, 0.05) is 6.54 Å². The molecule has 1 rings (SSSR count). The minimum absolute atomic E-state index is 0.184. The molecule has 0 saturated heterocycles. The van der Waals surface area contributed by atoms with Crippen LogP contribution in [0.5, 0.6) is 5.75 Å². The summed E-state index contributed by atoms with van der Waals surface area (Å²) < 4.78 is 40.3. The number of ether oxygens (including phenoxy) is 1. The van der Waals surface area contributed by atoms with E-state index in [0.29, 0.717) is 12.2 Å². The fourth-order valence-corrected chi connectivity index (χ4v) is 1.42. The second kappa shape index (κ2) is 6.37. The minimum Gasteiger partial charge on any atom is -0.404 e. The Morgan fingerprint density at radius 2 is 1.88 bits per heavy atom. The summed E-state index contributed by atoms with van der Waals surface area (Å²) in [4.78, 5) is 0. The highest BCUT2D eigenvalue weighted by Gasteiger charge is 2.31. The summed E-state index contributed by atoms with van der Waals surface area (Å²) in [5.74, 6) is -0.184. The number of anilines is 1. The van der Waals surface area contributed by atoms with E-state index in [0.717, 1.165) is 19.3 Å². The van der Waals surface area contributed by atoms with E-state index in [9.17, 15) is 13.2 Å². The van der Waals surface area contributed by atoms with Gasteiger partial charge in [0.15, 0.2) is 5.75 Å². The molecule has 0 heterocycles. The highest BCUT2D eigenvalue weighted by Crippen LogP contribution is 2.29. The van der Waals surface area contributed by atoms with E-state index >= 15 is 0 Å². The molecule has 0 fully saturated rings. The number of hydrogen-bond acceptors (Lipinski definition) is 2. The first kappa shape index (κ1) is 13.7. The van der Waals surface area contributed by atoms with Gasteiger partial charge in [-0.25, -0.2) is 0 Å². The van der Waals surface area contributed by atoms with Crippen molar-refractivity contribution >= 4 is 5.69 Å². The van der Waals surface area contributed by atoms with Crippen LogP contribution in [-0.2, 0) is 0 Å². The van der Waals surface area contributed by atoms with E-state index in [4.69, 9.17) is 0 Å². The van der Waals surface area contributed by atoms with E-state index in [1.807, 2.05) is 0 Å². The maximum Gasteiger partial charge on any atom is 0.573 e. The third-order valence-corrected chi connectivity index (χ3v) is 2.21. The van der Waals surface area contributed by atoms with Crippen molar-refractivity contribution in [3.8, 4) is 5.75 Å². The van der Waals surface area contributed by atoms with Gasteiger partial charge < -0.3 is 10.1 Å². The molecule has 0 atom stereocenters. The van der Waals surface area contributed by atoms with Crippen LogP contribution in [0.15, 0.2) is 24.3 Å². The van der Waals surface area contributed by atoms with Crippen LogP contribution in [0.4, 0.5) is 18.9 Å². The molecule has 1 aromatic carbocycles. The Kier molecular flexibility index (Phi) is 5.12. The van der Waals surface area contributed by atoms with Crippen molar-refractivity contribution in [1.82, 2.24) is 0 Å². The fourth-order valence-electron chi connectivity index (χ4n) is 1.42. The van der Waals surface area contributed by atoms with Crippen LogP contribution in [0.1, 0.15) is 26.2 Å². The first-order valence-corrected chi connectivity index (χ1v) is 5.61. The lowest BCUT2D eigenvalue weighted by Crippen LogP contribution is -2.18. The van der Waals surface area contributed by atoms with Crippen molar-refractivity contribution < 1.29 is 17.9 Å². The molecule has 1 N–H and O–H groups in total. The zero-order valence-electron chi connectivity index (χ0n) is 9.68. The Morgan fingerprint density at radius 3 is 2.53 bits per heavy atom. The van der Waals surface area contributed by atoms with Gasteiger partial charge in [0.25, 0.3) is 0 Å². The number of rotatable bonds is 6. The zero-order valence-corrected chi connectivity index (χ0v) is 9.68. The van der Waals surface area contributed by atoms with Gasteiger partial charge in [0.05, 0.1) is 5.69 Å². The van der Waals surface area contributed by atoms with Crippen LogP contribution in [0, 0.1) is 0 Å². The van der Waals surface area contributed by atoms with E-state index in [1.54, 1.807) is 12.1 Å². The third kappa shape index (κ3) is 5.47. The average molecular weight is 247 g/mol. The molecule has 0 spiro atoms. The quantitative estimate of drug-likeness (QED) is 0.761. The molecule has 5 heteroatoms. The maximum atomic E-state index is 12.1. The zero-order chi connectivity index (χ0) is 12.7. The van der Waals surface area contributed by atoms with Crippen LogP contribution in [0.25, 0.3) is 0 Å². The van der Waals surface area contributed by atoms with Crippen LogP contribution in [0.3, 0.4) is 0 Å². The topological polar surface area (TPSA) is 21.3 Å². The number of unbranched alkanes of at least 4 members (excludes halogenated alkanes) is 2.